The van der Waals surface area contributed by atoms with E-state index in [2.05, 4.69) is 110 Å². The second-order valence-corrected chi connectivity index (χ2v) is 13.6. The normalized spacial score (nSPS) is 17.2. The number of pyridine rings is 2. The van der Waals surface area contributed by atoms with E-state index < -0.39 is 7.81 Å². The van der Waals surface area contributed by atoms with Crippen molar-refractivity contribution in [3.05, 3.63) is 77.4 Å². The van der Waals surface area contributed by atoms with Gasteiger partial charge < -0.3 is 0 Å². The molecule has 2 heterocycles. The van der Waals surface area contributed by atoms with Crippen LogP contribution in [0.25, 0.3) is 11.4 Å². The molecule has 2 aromatic heterocycles. The molecule has 41 heavy (non-hydrogen) atoms. The van der Waals surface area contributed by atoms with Gasteiger partial charge in [-0.3, -0.25) is 9.97 Å². The van der Waals surface area contributed by atoms with Crippen LogP contribution in [0.4, 0.5) is 25.2 Å². The van der Waals surface area contributed by atoms with Gasteiger partial charge in [0.2, 0.25) is 0 Å². The third kappa shape index (κ3) is 17.2. The van der Waals surface area contributed by atoms with Crippen LogP contribution < -0.4 is 0 Å². The largest absolute Gasteiger partial charge is 2.00 e. The topological polar surface area (TPSA) is 49.6 Å². The first-order valence-electron chi connectivity index (χ1n) is 12.6. The van der Waals surface area contributed by atoms with Crippen molar-refractivity contribution in [1.82, 2.24) is 9.97 Å². The van der Waals surface area contributed by atoms with E-state index in [1.54, 1.807) is 6.07 Å². The van der Waals surface area contributed by atoms with Gasteiger partial charge in [-0.1, -0.05) is 76.2 Å². The Kier molecular flexibility index (Phi) is 14.5. The fourth-order valence-electron chi connectivity index (χ4n) is 3.48. The summed E-state index contributed by atoms with van der Waals surface area (Å²) in [6.45, 7) is 25.7. The number of hydrogen-bond donors (Lipinski definition) is 0. The zero-order chi connectivity index (χ0) is 32.0. The van der Waals surface area contributed by atoms with E-state index in [0.717, 1.165) is 11.4 Å². The average Bonchev–Trinajstić information content (AvgIpc) is 2.95. The van der Waals surface area contributed by atoms with Crippen molar-refractivity contribution < 1.29 is 44.7 Å². The van der Waals surface area contributed by atoms with Crippen molar-refractivity contribution in [3.63, 3.8) is 0 Å². The van der Waals surface area contributed by atoms with Crippen molar-refractivity contribution in [3.8, 4) is 17.5 Å². The van der Waals surface area contributed by atoms with Crippen molar-refractivity contribution in [1.29, 1.82) is 5.26 Å². The molecule has 0 aromatic carbocycles. The molecular formula is C30H42F6N3PRu+. The van der Waals surface area contributed by atoms with Crippen molar-refractivity contribution in [2.75, 3.05) is 0 Å². The van der Waals surface area contributed by atoms with Gasteiger partial charge in [0, 0.05) is 19.3 Å². The Morgan fingerprint density at radius 2 is 0.805 bits per heavy atom. The first-order chi connectivity index (χ1) is 17.6. The standard InChI is InChI=1S/C18H24N2.C10H15.C2H3N.F6P.Ru/c1-17(2,3)13-7-9-19-15(11-13)16-12-14(8-10-20-16)18(4,5)6;1-6-7(2)9(4)10(5)8(6)3;1-2-3;1-7(2,3,4,5)6;/h7-12H,1-6H3;1-5H3;1H3;;/q;;;-1;+2. The number of nitriles is 1. The predicted octanol–water partition coefficient (Wildman–Crippen LogP) is 11.6. The minimum absolute atomic E-state index is 0. The Morgan fingerprint density at radius 1 is 0.610 bits per heavy atom. The Hall–Kier alpha value is -1.58. The molecule has 1 aliphatic carbocycles. The van der Waals surface area contributed by atoms with Crippen molar-refractivity contribution >= 4 is 7.81 Å². The summed E-state index contributed by atoms with van der Waals surface area (Å²) in [5.74, 6) is 7.34. The van der Waals surface area contributed by atoms with E-state index in [-0.39, 0.29) is 30.3 Å². The summed E-state index contributed by atoms with van der Waals surface area (Å²) in [7, 11) is -10.7. The Balaban J connectivity index is 0. The van der Waals surface area contributed by atoms with Crippen LogP contribution in [-0.4, -0.2) is 9.97 Å². The second kappa shape index (κ2) is 14.3. The maximum atomic E-state index is 9.87. The van der Waals surface area contributed by atoms with Crippen LogP contribution in [0.1, 0.15) is 94.2 Å². The van der Waals surface area contributed by atoms with Gasteiger partial charge in [-0.15, -0.1) is 0 Å². The zero-order valence-electron chi connectivity index (χ0n) is 25.9. The van der Waals surface area contributed by atoms with Crippen LogP contribution in [0, 0.1) is 40.9 Å². The first-order valence-corrected chi connectivity index (χ1v) is 14.6. The summed E-state index contributed by atoms with van der Waals surface area (Å²) in [5.41, 5.74) is 4.71. The molecule has 3 rings (SSSR count). The summed E-state index contributed by atoms with van der Waals surface area (Å²) in [6, 6.07) is 10.2. The monoisotopic (exact) mass is 691 g/mol. The van der Waals surface area contributed by atoms with Crippen molar-refractivity contribution in [2.45, 2.75) is 93.9 Å². The first kappa shape index (κ1) is 41.6. The molecule has 0 bridgehead atoms. The van der Waals surface area contributed by atoms with Gasteiger partial charge in [-0.2, -0.15) is 5.26 Å². The molecule has 11 heteroatoms. The van der Waals surface area contributed by atoms with Crippen LogP contribution in [0.15, 0.2) is 36.7 Å². The van der Waals surface area contributed by atoms with Gasteiger partial charge in [-0.25, -0.2) is 0 Å². The molecular weight excluding hydrogens is 648 g/mol. The number of aromatic nitrogens is 2. The molecule has 0 unspecified atom stereocenters. The minimum atomic E-state index is -10.7. The van der Waals surface area contributed by atoms with Gasteiger partial charge in [0.15, 0.2) is 0 Å². The molecule has 1 fully saturated rings. The van der Waals surface area contributed by atoms with Crippen LogP contribution in [0.3, 0.4) is 0 Å². The molecule has 0 amide bonds. The fraction of sp³-hybridized carbons (Fsp3) is 0.467. The second-order valence-electron chi connectivity index (χ2n) is 11.7. The Morgan fingerprint density at radius 3 is 0.976 bits per heavy atom. The molecule has 2 aromatic rings. The smallest absolute Gasteiger partial charge is 2.00 e. The third-order valence-electron chi connectivity index (χ3n) is 6.33. The zero-order valence-corrected chi connectivity index (χ0v) is 28.5. The van der Waals surface area contributed by atoms with Crippen LogP contribution in [-0.2, 0) is 30.3 Å². The molecule has 0 spiro atoms. The Bertz CT molecular complexity index is 1020. The van der Waals surface area contributed by atoms with E-state index >= 15 is 0 Å². The molecule has 231 valence electrons. The quantitative estimate of drug-likeness (QED) is 0.170. The summed E-state index contributed by atoms with van der Waals surface area (Å²) < 4.78 is 59.2. The Labute approximate surface area is 255 Å². The van der Waals surface area contributed by atoms with Crippen molar-refractivity contribution in [2.24, 2.45) is 0 Å². The van der Waals surface area contributed by atoms with E-state index in [9.17, 15) is 25.2 Å². The van der Waals surface area contributed by atoms with E-state index in [1.807, 2.05) is 12.4 Å². The van der Waals surface area contributed by atoms with Gasteiger partial charge in [-0.05, 0) is 75.8 Å². The molecule has 0 atom stereocenters. The average molecular weight is 691 g/mol. The maximum absolute atomic E-state index is 10.7. The molecule has 1 saturated carbocycles. The van der Waals surface area contributed by atoms with Crippen LogP contribution in [0.5, 0.6) is 0 Å². The summed E-state index contributed by atoms with van der Waals surface area (Å²) in [6.07, 6.45) is 3.75. The number of nitrogens with zero attached hydrogens (tertiary/aromatic N) is 3. The van der Waals surface area contributed by atoms with E-state index in [4.69, 9.17) is 5.26 Å². The number of hydrogen-bond acceptors (Lipinski definition) is 3. The van der Waals surface area contributed by atoms with Crippen LogP contribution in [0.2, 0.25) is 0 Å². The third-order valence-corrected chi connectivity index (χ3v) is 6.33. The van der Waals surface area contributed by atoms with Gasteiger partial charge >= 0.3 is 52.5 Å². The molecule has 0 aliphatic heterocycles. The summed E-state index contributed by atoms with van der Waals surface area (Å²) >= 11 is 0. The van der Waals surface area contributed by atoms with Gasteiger partial charge in [0.1, 0.15) is 0 Å². The fourth-order valence-corrected chi connectivity index (χ4v) is 3.48. The van der Waals surface area contributed by atoms with E-state index in [0.29, 0.717) is 0 Å². The minimum Gasteiger partial charge on any atom is 2.00 e. The molecule has 0 N–H and O–H groups in total. The van der Waals surface area contributed by atoms with E-state index in [1.165, 1.54) is 47.6 Å². The molecule has 5 radical (unpaired) electrons. The molecule has 0 saturated heterocycles. The number of rotatable bonds is 1. The van der Waals surface area contributed by atoms with Gasteiger partial charge in [0.25, 0.3) is 0 Å². The molecule has 1 aliphatic rings. The SMILES string of the molecule is CC#N.CC(C)(C)c1ccnc(-c2cc(C(C)(C)C)ccn2)c1.C[C]1[C](C)[C](C)[C](C)[C]1C.F[P-](F)(F)(F)(F)F.[Ru+2]. The van der Waals surface area contributed by atoms with Crippen LogP contribution >= 0.6 is 7.81 Å². The van der Waals surface area contributed by atoms with Gasteiger partial charge in [0.05, 0.1) is 17.5 Å². The molecule has 3 nitrogen and oxygen atoms in total. The number of halogens is 6. The predicted molar refractivity (Wildman–Crippen MR) is 154 cm³/mol. The summed E-state index contributed by atoms with van der Waals surface area (Å²) in [4.78, 5) is 8.97. The maximum Gasteiger partial charge on any atom is 2.00 e. The summed E-state index contributed by atoms with van der Waals surface area (Å²) in [5, 5.41) is 7.32.